The largest absolute Gasteiger partial charge is 0.465 e. The van der Waals surface area contributed by atoms with Crippen molar-refractivity contribution >= 4 is 73.1 Å². The third kappa shape index (κ3) is 5.68. The quantitative estimate of drug-likeness (QED) is 0.204. The second-order valence-corrected chi connectivity index (χ2v) is 11.3. The molecule has 190 valence electrons. The van der Waals surface area contributed by atoms with Crippen LogP contribution in [0.3, 0.4) is 0 Å². The zero-order chi connectivity index (χ0) is 25.8. The van der Waals surface area contributed by atoms with E-state index in [1.807, 2.05) is 0 Å². The smallest absolute Gasteiger partial charge is 0.341 e. The van der Waals surface area contributed by atoms with Crippen molar-refractivity contribution in [2.24, 2.45) is 12.0 Å². The molecule has 13 heteroatoms. The number of nitro benzene ring substituents is 1. The fraction of sp³-hybridized carbons (Fsp3) is 0.391. The highest BCUT2D eigenvalue weighted by Gasteiger charge is 2.26. The molecule has 1 aliphatic carbocycles. The van der Waals surface area contributed by atoms with Crippen LogP contribution < -0.4 is 10.1 Å². The van der Waals surface area contributed by atoms with Gasteiger partial charge < -0.3 is 14.6 Å². The molecule has 2 amide bonds. The molecule has 0 aliphatic heterocycles. The normalized spacial score (nSPS) is 13.8. The van der Waals surface area contributed by atoms with Gasteiger partial charge in [-0.15, -0.1) is 23.1 Å². The maximum atomic E-state index is 12.6. The monoisotopic (exact) mass is 548 g/mol. The predicted octanol–water partition coefficient (Wildman–Crippen LogP) is 4.06. The lowest BCUT2D eigenvalue weighted by Gasteiger charge is -2.07. The number of methoxy groups -OCH3 is 1. The molecule has 0 fully saturated rings. The minimum atomic E-state index is -0.468. The number of thiazole rings is 1. The van der Waals surface area contributed by atoms with Crippen LogP contribution in [0.5, 0.6) is 0 Å². The van der Waals surface area contributed by atoms with Crippen LogP contribution in [0.4, 0.5) is 10.7 Å². The first-order chi connectivity index (χ1) is 17.3. The Morgan fingerprint density at radius 3 is 2.72 bits per heavy atom. The van der Waals surface area contributed by atoms with E-state index in [0.29, 0.717) is 20.1 Å². The highest BCUT2D eigenvalue weighted by Crippen LogP contribution is 2.38. The fourth-order valence-corrected chi connectivity index (χ4v) is 6.99. The van der Waals surface area contributed by atoms with Crippen LogP contribution in [-0.4, -0.2) is 45.9 Å². The second kappa shape index (κ2) is 11.4. The van der Waals surface area contributed by atoms with Crippen LogP contribution in [-0.2, 0) is 34.2 Å². The Morgan fingerprint density at radius 2 is 1.97 bits per heavy atom. The summed E-state index contributed by atoms with van der Waals surface area (Å²) in [6.45, 7) is 0. The molecule has 0 radical (unpaired) electrons. The minimum Gasteiger partial charge on any atom is -0.465 e. The Bertz CT molecular complexity index is 1420. The van der Waals surface area contributed by atoms with Gasteiger partial charge in [0, 0.05) is 24.1 Å². The lowest BCUT2D eigenvalue weighted by molar-refractivity contribution is -0.384. The van der Waals surface area contributed by atoms with Crippen molar-refractivity contribution in [3.63, 3.8) is 0 Å². The maximum absolute atomic E-state index is 12.6. The van der Waals surface area contributed by atoms with Crippen molar-refractivity contribution in [3.8, 4) is 0 Å². The summed E-state index contributed by atoms with van der Waals surface area (Å²) in [6, 6.07) is 4.49. The number of hydrogen-bond acceptors (Lipinski definition) is 9. The van der Waals surface area contributed by atoms with E-state index in [4.69, 9.17) is 4.74 Å². The molecule has 36 heavy (non-hydrogen) atoms. The zero-order valence-corrected chi connectivity index (χ0v) is 22.1. The number of benzene rings is 1. The molecule has 0 unspecified atom stereocenters. The summed E-state index contributed by atoms with van der Waals surface area (Å²) in [5.74, 6) is -1.16. The molecule has 0 atom stereocenters. The third-order valence-electron chi connectivity index (χ3n) is 5.75. The standard InChI is InChI=1S/C23H24N4O6S3/c1-26-15-9-8-13(27(31)32)10-17(15)36-23(26)25-19(29)12-34-11-18(28)24-21-20(22(30)33-2)14-6-4-3-5-7-16(14)35-21/h8-10H,3-7,11-12H2,1-2H3,(H,24,28). The average molecular weight is 549 g/mol. The minimum absolute atomic E-state index is 0.00733. The number of carbonyl (C=O) groups excluding carboxylic acids is 3. The number of esters is 1. The van der Waals surface area contributed by atoms with Gasteiger partial charge in [-0.25, -0.2) is 4.79 Å². The molecule has 2 heterocycles. The number of amides is 2. The highest BCUT2D eigenvalue weighted by molar-refractivity contribution is 8.00. The topological polar surface area (TPSA) is 133 Å². The average Bonchev–Trinajstić information content (AvgIpc) is 3.23. The molecule has 0 saturated carbocycles. The fourth-order valence-electron chi connectivity index (χ4n) is 4.02. The van der Waals surface area contributed by atoms with Crippen LogP contribution in [0.1, 0.15) is 40.1 Å². The maximum Gasteiger partial charge on any atom is 0.341 e. The second-order valence-electron chi connectivity index (χ2n) is 8.16. The number of ether oxygens (including phenoxy) is 1. The number of nitrogens with zero attached hydrogens (tertiary/aromatic N) is 3. The van der Waals surface area contributed by atoms with E-state index in [2.05, 4.69) is 10.3 Å². The predicted molar refractivity (Wildman–Crippen MR) is 141 cm³/mol. The molecule has 0 saturated heterocycles. The number of hydrogen-bond donors (Lipinski definition) is 1. The Morgan fingerprint density at radius 1 is 1.19 bits per heavy atom. The van der Waals surface area contributed by atoms with Gasteiger partial charge in [-0.2, -0.15) is 4.99 Å². The highest BCUT2D eigenvalue weighted by atomic mass is 32.2. The van der Waals surface area contributed by atoms with Crippen molar-refractivity contribution in [1.82, 2.24) is 4.57 Å². The number of thioether (sulfide) groups is 1. The summed E-state index contributed by atoms with van der Waals surface area (Å²) in [6.07, 6.45) is 4.83. The van der Waals surface area contributed by atoms with Crippen LogP contribution >= 0.6 is 34.4 Å². The van der Waals surface area contributed by atoms with Crippen molar-refractivity contribution in [2.75, 3.05) is 23.9 Å². The van der Waals surface area contributed by atoms with Gasteiger partial charge in [-0.3, -0.25) is 19.7 Å². The summed E-state index contributed by atoms with van der Waals surface area (Å²) in [5, 5.41) is 14.3. The van der Waals surface area contributed by atoms with Crippen molar-refractivity contribution in [3.05, 3.63) is 49.1 Å². The molecule has 4 rings (SSSR count). The number of aromatic nitrogens is 1. The van der Waals surface area contributed by atoms with Gasteiger partial charge in [0.1, 0.15) is 5.00 Å². The first-order valence-electron chi connectivity index (χ1n) is 11.2. The van der Waals surface area contributed by atoms with Crippen molar-refractivity contribution in [1.29, 1.82) is 0 Å². The first-order valence-corrected chi connectivity index (χ1v) is 14.0. The molecule has 0 spiro atoms. The molecule has 1 aliphatic rings. The zero-order valence-electron chi connectivity index (χ0n) is 19.7. The Hall–Kier alpha value is -3.03. The number of thiophene rings is 1. The van der Waals surface area contributed by atoms with E-state index in [1.54, 1.807) is 17.7 Å². The van der Waals surface area contributed by atoms with Gasteiger partial charge in [0.25, 0.3) is 11.6 Å². The number of non-ortho nitro benzene ring substituents is 1. The van der Waals surface area contributed by atoms with E-state index in [9.17, 15) is 24.5 Å². The lowest BCUT2D eigenvalue weighted by Crippen LogP contribution is -2.18. The summed E-state index contributed by atoms with van der Waals surface area (Å²) in [5.41, 5.74) is 2.13. The molecule has 10 nitrogen and oxygen atoms in total. The summed E-state index contributed by atoms with van der Waals surface area (Å²) < 4.78 is 7.32. The van der Waals surface area contributed by atoms with E-state index < -0.39 is 16.8 Å². The van der Waals surface area contributed by atoms with E-state index in [1.165, 1.54) is 41.9 Å². The number of nitrogens with one attached hydrogen (secondary N) is 1. The summed E-state index contributed by atoms with van der Waals surface area (Å²) in [4.78, 5) is 53.6. The SMILES string of the molecule is COC(=O)c1c(NC(=O)CSCC(=O)N=c2sc3cc([N+](=O)[O-])ccc3n2C)sc2c1CCCCC2. The van der Waals surface area contributed by atoms with Gasteiger partial charge in [-0.1, -0.05) is 17.8 Å². The van der Waals surface area contributed by atoms with Crippen molar-refractivity contribution < 1.29 is 24.0 Å². The number of carbonyl (C=O) groups is 3. The molecule has 2 aromatic heterocycles. The van der Waals surface area contributed by atoms with Gasteiger partial charge in [-0.05, 0) is 37.3 Å². The van der Waals surface area contributed by atoms with Crippen LogP contribution in [0.25, 0.3) is 10.2 Å². The summed E-state index contributed by atoms with van der Waals surface area (Å²) in [7, 11) is 3.07. The Labute approximate surface area is 218 Å². The molecule has 1 aromatic carbocycles. The number of aryl methyl sites for hydroxylation is 2. The van der Waals surface area contributed by atoms with Crippen molar-refractivity contribution in [2.45, 2.75) is 32.1 Å². The van der Waals surface area contributed by atoms with E-state index in [-0.39, 0.29) is 23.1 Å². The number of fused-ring (bicyclic) bond motifs is 2. The molecular formula is C23H24N4O6S3. The van der Waals surface area contributed by atoms with Crippen LogP contribution in [0.15, 0.2) is 23.2 Å². The van der Waals surface area contributed by atoms with Gasteiger partial charge >= 0.3 is 5.97 Å². The van der Waals surface area contributed by atoms with Gasteiger partial charge in [0.15, 0.2) is 4.80 Å². The summed E-state index contributed by atoms with van der Waals surface area (Å²) >= 11 is 3.73. The lowest BCUT2D eigenvalue weighted by atomic mass is 10.1. The number of anilines is 1. The Kier molecular flexibility index (Phi) is 8.21. The molecule has 3 aromatic rings. The molecule has 1 N–H and O–H groups in total. The number of nitro groups is 1. The number of rotatable bonds is 7. The molecular weight excluding hydrogens is 524 g/mol. The first kappa shape index (κ1) is 26.0. The third-order valence-corrected chi connectivity index (χ3v) is 8.97. The van der Waals surface area contributed by atoms with Gasteiger partial charge in [0.05, 0.1) is 39.3 Å². The van der Waals surface area contributed by atoms with Crippen LogP contribution in [0, 0.1) is 10.1 Å². The van der Waals surface area contributed by atoms with E-state index >= 15 is 0 Å². The van der Waals surface area contributed by atoms with E-state index in [0.717, 1.165) is 59.8 Å². The van der Waals surface area contributed by atoms with Crippen LogP contribution in [0.2, 0.25) is 0 Å². The van der Waals surface area contributed by atoms with Gasteiger partial charge in [0.2, 0.25) is 5.91 Å². The Balaban J connectivity index is 1.39. The molecule has 0 bridgehead atoms.